The molecule has 2 rings (SSSR count). The van der Waals surface area contributed by atoms with Gasteiger partial charge in [-0.2, -0.15) is 0 Å². The fourth-order valence-electron chi connectivity index (χ4n) is 3.00. The zero-order chi connectivity index (χ0) is 22.8. The van der Waals surface area contributed by atoms with Crippen molar-refractivity contribution in [2.45, 2.75) is 58.5 Å². The predicted molar refractivity (Wildman–Crippen MR) is 128 cm³/mol. The van der Waals surface area contributed by atoms with Crippen LogP contribution in [0.4, 0.5) is 0 Å². The van der Waals surface area contributed by atoms with E-state index in [2.05, 4.69) is 36.5 Å². The summed E-state index contributed by atoms with van der Waals surface area (Å²) in [5.74, 6) is 1.68. The first kappa shape index (κ1) is 24.8. The Labute approximate surface area is 190 Å². The lowest BCUT2D eigenvalue weighted by molar-refractivity contribution is -0.138. The highest BCUT2D eigenvalue weighted by molar-refractivity contribution is 7.99. The van der Waals surface area contributed by atoms with E-state index in [1.54, 1.807) is 30.7 Å². The van der Waals surface area contributed by atoms with Gasteiger partial charge in [0.1, 0.15) is 11.8 Å². The number of carbonyl (C=O) groups is 2. The summed E-state index contributed by atoms with van der Waals surface area (Å²) in [7, 11) is 1.62. The maximum absolute atomic E-state index is 13.1. The molecular weight excluding hydrogens is 408 g/mol. The molecule has 1 N–H and O–H groups in total. The average Bonchev–Trinajstić information content (AvgIpc) is 2.78. The number of aryl methyl sites for hydroxylation is 1. The first-order valence-electron chi connectivity index (χ1n) is 10.7. The standard InChI is InChI=1S/C25H34N2O3S/c1-6-19(3)26-25(29)20(4)27(15-21-11-13-23(30-5)14-12-21)24(28)17-31-16-22-9-7-18(2)8-10-22/h7-14,19-20H,6,15-17H2,1-5H3,(H,26,29)/t19-,20+/m1/s1. The third-order valence-corrected chi connectivity index (χ3v) is 6.28. The van der Waals surface area contributed by atoms with Crippen molar-refractivity contribution in [2.75, 3.05) is 12.9 Å². The van der Waals surface area contributed by atoms with Gasteiger partial charge in [0, 0.05) is 18.3 Å². The molecule has 2 aromatic carbocycles. The summed E-state index contributed by atoms with van der Waals surface area (Å²) < 4.78 is 5.22. The number of hydrogen-bond donors (Lipinski definition) is 1. The lowest BCUT2D eigenvalue weighted by Gasteiger charge is -2.29. The molecule has 0 aliphatic carbocycles. The molecule has 2 amide bonds. The second kappa shape index (κ2) is 12.4. The molecule has 0 heterocycles. The first-order valence-corrected chi connectivity index (χ1v) is 11.9. The van der Waals surface area contributed by atoms with Crippen LogP contribution in [0.1, 0.15) is 43.9 Å². The van der Waals surface area contributed by atoms with Crippen LogP contribution in [0, 0.1) is 6.92 Å². The van der Waals surface area contributed by atoms with Crippen LogP contribution >= 0.6 is 11.8 Å². The Kier molecular flexibility index (Phi) is 9.92. The van der Waals surface area contributed by atoms with E-state index in [1.807, 2.05) is 38.1 Å². The van der Waals surface area contributed by atoms with Gasteiger partial charge < -0.3 is 15.0 Å². The monoisotopic (exact) mass is 442 g/mol. The Morgan fingerprint density at radius 3 is 2.23 bits per heavy atom. The summed E-state index contributed by atoms with van der Waals surface area (Å²) in [6, 6.07) is 15.4. The Hall–Kier alpha value is -2.47. The minimum atomic E-state index is -0.552. The number of methoxy groups -OCH3 is 1. The van der Waals surface area contributed by atoms with Gasteiger partial charge in [0.05, 0.1) is 12.9 Å². The van der Waals surface area contributed by atoms with E-state index in [0.717, 1.165) is 23.5 Å². The minimum Gasteiger partial charge on any atom is -0.497 e. The quantitative estimate of drug-likeness (QED) is 0.554. The number of hydrogen-bond acceptors (Lipinski definition) is 4. The van der Waals surface area contributed by atoms with Crippen molar-refractivity contribution in [1.82, 2.24) is 10.2 Å². The first-order chi connectivity index (χ1) is 14.8. The van der Waals surface area contributed by atoms with Gasteiger partial charge in [-0.1, -0.05) is 48.9 Å². The lowest BCUT2D eigenvalue weighted by Crippen LogP contribution is -2.50. The molecule has 0 fully saturated rings. The van der Waals surface area contributed by atoms with Crippen molar-refractivity contribution < 1.29 is 14.3 Å². The summed E-state index contributed by atoms with van der Waals surface area (Å²) in [5, 5.41) is 3.00. The van der Waals surface area contributed by atoms with Crippen molar-refractivity contribution in [2.24, 2.45) is 0 Å². The molecule has 6 heteroatoms. The van der Waals surface area contributed by atoms with E-state index in [4.69, 9.17) is 4.74 Å². The zero-order valence-electron chi connectivity index (χ0n) is 19.2. The number of benzene rings is 2. The van der Waals surface area contributed by atoms with Crippen LogP contribution in [0.3, 0.4) is 0 Å². The van der Waals surface area contributed by atoms with Crippen LogP contribution in [0.25, 0.3) is 0 Å². The van der Waals surface area contributed by atoms with Crippen LogP contribution < -0.4 is 10.1 Å². The van der Waals surface area contributed by atoms with Crippen molar-refractivity contribution in [3.05, 3.63) is 65.2 Å². The molecule has 0 aromatic heterocycles. The van der Waals surface area contributed by atoms with E-state index in [0.29, 0.717) is 12.3 Å². The summed E-state index contributed by atoms with van der Waals surface area (Å²) >= 11 is 1.57. The molecule has 0 aliphatic rings. The van der Waals surface area contributed by atoms with Gasteiger partial charge in [-0.25, -0.2) is 0 Å². The summed E-state index contributed by atoms with van der Waals surface area (Å²) in [6.45, 7) is 8.23. The molecule has 2 atom stereocenters. The highest BCUT2D eigenvalue weighted by Crippen LogP contribution is 2.18. The molecule has 0 aliphatic heterocycles. The summed E-state index contributed by atoms with van der Waals surface area (Å²) in [4.78, 5) is 27.5. The minimum absolute atomic E-state index is 0.0419. The van der Waals surface area contributed by atoms with Gasteiger partial charge in [-0.05, 0) is 50.5 Å². The molecule has 0 saturated carbocycles. The second-order valence-corrected chi connectivity index (χ2v) is 8.83. The van der Waals surface area contributed by atoms with Gasteiger partial charge in [-0.15, -0.1) is 11.8 Å². The van der Waals surface area contributed by atoms with Crippen LogP contribution in [-0.4, -0.2) is 41.7 Å². The van der Waals surface area contributed by atoms with Crippen molar-refractivity contribution >= 4 is 23.6 Å². The van der Waals surface area contributed by atoms with E-state index in [9.17, 15) is 9.59 Å². The number of thioether (sulfide) groups is 1. The molecule has 31 heavy (non-hydrogen) atoms. The highest BCUT2D eigenvalue weighted by atomic mass is 32.2. The fraction of sp³-hybridized carbons (Fsp3) is 0.440. The number of nitrogens with one attached hydrogen (secondary N) is 1. The van der Waals surface area contributed by atoms with Crippen LogP contribution in [-0.2, 0) is 21.9 Å². The van der Waals surface area contributed by atoms with Crippen molar-refractivity contribution in [3.63, 3.8) is 0 Å². The maximum Gasteiger partial charge on any atom is 0.242 e. The summed E-state index contributed by atoms with van der Waals surface area (Å²) in [6.07, 6.45) is 0.845. The molecule has 0 unspecified atom stereocenters. The van der Waals surface area contributed by atoms with Crippen LogP contribution in [0.5, 0.6) is 5.75 Å². The van der Waals surface area contributed by atoms with Gasteiger partial charge >= 0.3 is 0 Å². The molecule has 2 aromatic rings. The number of amides is 2. The van der Waals surface area contributed by atoms with Gasteiger partial charge in [0.25, 0.3) is 0 Å². The van der Waals surface area contributed by atoms with Crippen molar-refractivity contribution in [3.8, 4) is 5.75 Å². The smallest absolute Gasteiger partial charge is 0.242 e. The van der Waals surface area contributed by atoms with E-state index in [1.165, 1.54) is 11.1 Å². The normalized spacial score (nSPS) is 12.7. The zero-order valence-corrected chi connectivity index (χ0v) is 20.0. The Morgan fingerprint density at radius 1 is 1.03 bits per heavy atom. The number of ether oxygens (including phenoxy) is 1. The molecule has 5 nitrogen and oxygen atoms in total. The second-order valence-electron chi connectivity index (χ2n) is 7.84. The third-order valence-electron chi connectivity index (χ3n) is 5.30. The summed E-state index contributed by atoms with van der Waals surface area (Å²) in [5.41, 5.74) is 3.37. The molecule has 168 valence electrons. The van der Waals surface area contributed by atoms with E-state index < -0.39 is 6.04 Å². The Morgan fingerprint density at radius 2 is 1.65 bits per heavy atom. The number of nitrogens with zero attached hydrogens (tertiary/aromatic N) is 1. The van der Waals surface area contributed by atoms with Crippen LogP contribution in [0.15, 0.2) is 48.5 Å². The fourth-order valence-corrected chi connectivity index (χ4v) is 3.87. The van der Waals surface area contributed by atoms with Crippen molar-refractivity contribution in [1.29, 1.82) is 0 Å². The topological polar surface area (TPSA) is 58.6 Å². The largest absolute Gasteiger partial charge is 0.497 e. The maximum atomic E-state index is 13.1. The van der Waals surface area contributed by atoms with Gasteiger partial charge in [-0.3, -0.25) is 9.59 Å². The molecule has 0 saturated heterocycles. The average molecular weight is 443 g/mol. The molecule has 0 spiro atoms. The van der Waals surface area contributed by atoms with Gasteiger partial charge in [0.15, 0.2) is 0 Å². The molecular formula is C25H34N2O3S. The van der Waals surface area contributed by atoms with Gasteiger partial charge in [0.2, 0.25) is 11.8 Å². The molecule has 0 bridgehead atoms. The molecule has 0 radical (unpaired) electrons. The van der Waals surface area contributed by atoms with E-state index in [-0.39, 0.29) is 17.9 Å². The lowest BCUT2D eigenvalue weighted by atomic mass is 10.1. The van der Waals surface area contributed by atoms with Crippen LogP contribution in [0.2, 0.25) is 0 Å². The predicted octanol–water partition coefficient (Wildman–Crippen LogP) is 4.57. The highest BCUT2D eigenvalue weighted by Gasteiger charge is 2.26. The third kappa shape index (κ3) is 7.94. The van der Waals surface area contributed by atoms with E-state index >= 15 is 0 Å². The SMILES string of the molecule is CC[C@@H](C)NC(=O)[C@H](C)N(Cc1ccc(OC)cc1)C(=O)CSCc1ccc(C)cc1. The Bertz CT molecular complexity index is 837. The number of rotatable bonds is 11. The number of carbonyl (C=O) groups excluding carboxylic acids is 2. The Balaban J connectivity index is 2.07.